The van der Waals surface area contributed by atoms with Crippen LogP contribution in [0.15, 0.2) is 59.8 Å². The minimum atomic E-state index is 0.418. The third-order valence-corrected chi connectivity index (χ3v) is 4.49. The van der Waals surface area contributed by atoms with Crippen molar-refractivity contribution in [1.82, 2.24) is 14.8 Å². The number of thioether (sulfide) groups is 1. The molecule has 5 nitrogen and oxygen atoms in total. The van der Waals surface area contributed by atoms with Crippen molar-refractivity contribution in [3.63, 3.8) is 0 Å². The molecule has 3 aromatic rings. The Bertz CT molecular complexity index is 790. The van der Waals surface area contributed by atoms with Gasteiger partial charge in [-0.3, -0.25) is 4.57 Å². The zero-order valence-electron chi connectivity index (χ0n) is 13.7. The Hall–Kier alpha value is -2.31. The fourth-order valence-electron chi connectivity index (χ4n) is 2.36. The average Bonchev–Trinajstić information content (AvgIpc) is 3.04. The Labute approximate surface area is 145 Å². The van der Waals surface area contributed by atoms with Gasteiger partial charge >= 0.3 is 0 Å². The predicted octanol–water partition coefficient (Wildman–Crippen LogP) is 3.71. The summed E-state index contributed by atoms with van der Waals surface area (Å²) in [6.07, 6.45) is 0. The summed E-state index contributed by atoms with van der Waals surface area (Å²) in [5.74, 6) is 2.43. The number of aromatic nitrogens is 3. The van der Waals surface area contributed by atoms with E-state index in [4.69, 9.17) is 9.47 Å². The molecular formula is C18H19N3O2S. The summed E-state index contributed by atoms with van der Waals surface area (Å²) in [5, 5.41) is 9.45. The summed E-state index contributed by atoms with van der Waals surface area (Å²) >= 11 is 1.64. The van der Waals surface area contributed by atoms with Gasteiger partial charge in [0, 0.05) is 18.6 Å². The van der Waals surface area contributed by atoms with Crippen molar-refractivity contribution in [3.05, 3.63) is 66.0 Å². The van der Waals surface area contributed by atoms with E-state index in [1.165, 1.54) is 5.56 Å². The molecule has 0 saturated carbocycles. The Kier molecular flexibility index (Phi) is 5.51. The number of benzene rings is 2. The standard InChI is InChI=1S/C18H19N3O2S/c1-22-12-17-19-20-18(21(17)15-8-4-3-5-9-15)24-13-14-7-6-10-16(11-14)23-2/h3-11H,12-13H2,1-2H3. The van der Waals surface area contributed by atoms with Crippen LogP contribution in [-0.4, -0.2) is 29.0 Å². The van der Waals surface area contributed by atoms with Crippen molar-refractivity contribution >= 4 is 11.8 Å². The molecule has 0 spiro atoms. The molecular weight excluding hydrogens is 322 g/mol. The first-order valence-corrected chi connectivity index (χ1v) is 8.54. The fraction of sp³-hybridized carbons (Fsp3) is 0.222. The van der Waals surface area contributed by atoms with Crippen molar-refractivity contribution in [2.24, 2.45) is 0 Å². The quantitative estimate of drug-likeness (QED) is 0.613. The normalized spacial score (nSPS) is 10.8. The maximum Gasteiger partial charge on any atom is 0.196 e. The summed E-state index contributed by atoms with van der Waals surface area (Å²) in [4.78, 5) is 0. The van der Waals surface area contributed by atoms with E-state index in [1.807, 2.05) is 53.1 Å². The van der Waals surface area contributed by atoms with Gasteiger partial charge in [-0.1, -0.05) is 42.1 Å². The first-order chi connectivity index (χ1) is 11.8. The highest BCUT2D eigenvalue weighted by molar-refractivity contribution is 7.98. The third-order valence-electron chi connectivity index (χ3n) is 3.49. The number of ether oxygens (including phenoxy) is 2. The van der Waals surface area contributed by atoms with Crippen LogP contribution in [-0.2, 0) is 17.1 Å². The van der Waals surface area contributed by atoms with E-state index >= 15 is 0 Å². The second-order valence-electron chi connectivity index (χ2n) is 5.14. The molecule has 0 aliphatic rings. The Balaban J connectivity index is 1.85. The fourth-order valence-corrected chi connectivity index (χ4v) is 3.28. The summed E-state index contributed by atoms with van der Waals surface area (Å²) in [5.41, 5.74) is 2.21. The molecule has 0 atom stereocenters. The summed E-state index contributed by atoms with van der Waals surface area (Å²) < 4.78 is 12.6. The monoisotopic (exact) mass is 341 g/mol. The highest BCUT2D eigenvalue weighted by atomic mass is 32.2. The molecule has 2 aromatic carbocycles. The zero-order chi connectivity index (χ0) is 16.8. The van der Waals surface area contributed by atoms with Crippen LogP contribution >= 0.6 is 11.8 Å². The molecule has 24 heavy (non-hydrogen) atoms. The molecule has 124 valence electrons. The maximum atomic E-state index is 5.28. The van der Waals surface area contributed by atoms with Gasteiger partial charge in [-0.05, 0) is 29.8 Å². The molecule has 0 saturated heterocycles. The first kappa shape index (κ1) is 16.5. The van der Waals surface area contributed by atoms with Gasteiger partial charge in [0.15, 0.2) is 11.0 Å². The van der Waals surface area contributed by atoms with Crippen molar-refractivity contribution in [3.8, 4) is 11.4 Å². The van der Waals surface area contributed by atoms with Crippen molar-refractivity contribution < 1.29 is 9.47 Å². The smallest absolute Gasteiger partial charge is 0.196 e. The van der Waals surface area contributed by atoms with E-state index in [1.54, 1.807) is 26.0 Å². The summed E-state index contributed by atoms with van der Waals surface area (Å²) in [6, 6.07) is 18.1. The Morgan fingerprint density at radius 3 is 2.58 bits per heavy atom. The van der Waals surface area contributed by atoms with E-state index in [9.17, 15) is 0 Å². The van der Waals surface area contributed by atoms with Crippen LogP contribution in [0.3, 0.4) is 0 Å². The minimum absolute atomic E-state index is 0.418. The molecule has 0 aliphatic heterocycles. The maximum absolute atomic E-state index is 5.28. The zero-order valence-corrected chi connectivity index (χ0v) is 14.5. The van der Waals surface area contributed by atoms with Crippen LogP contribution in [0.1, 0.15) is 11.4 Å². The van der Waals surface area contributed by atoms with Crippen LogP contribution in [0.4, 0.5) is 0 Å². The molecule has 1 heterocycles. The molecule has 0 radical (unpaired) electrons. The molecule has 0 bridgehead atoms. The van der Waals surface area contributed by atoms with E-state index in [-0.39, 0.29) is 0 Å². The molecule has 0 N–H and O–H groups in total. The van der Waals surface area contributed by atoms with Gasteiger partial charge in [0.1, 0.15) is 12.4 Å². The number of hydrogen-bond acceptors (Lipinski definition) is 5. The topological polar surface area (TPSA) is 49.2 Å². The lowest BCUT2D eigenvalue weighted by Gasteiger charge is -2.10. The minimum Gasteiger partial charge on any atom is -0.497 e. The van der Waals surface area contributed by atoms with Gasteiger partial charge in [-0.25, -0.2) is 0 Å². The van der Waals surface area contributed by atoms with E-state index < -0.39 is 0 Å². The van der Waals surface area contributed by atoms with Crippen LogP contribution in [0, 0.1) is 0 Å². The number of hydrogen-bond donors (Lipinski definition) is 0. The number of rotatable bonds is 7. The molecule has 3 rings (SSSR count). The van der Waals surface area contributed by atoms with Gasteiger partial charge in [0.25, 0.3) is 0 Å². The van der Waals surface area contributed by atoms with E-state index in [0.717, 1.165) is 28.2 Å². The molecule has 6 heteroatoms. The van der Waals surface area contributed by atoms with Crippen LogP contribution in [0.2, 0.25) is 0 Å². The van der Waals surface area contributed by atoms with Crippen molar-refractivity contribution in [1.29, 1.82) is 0 Å². The second kappa shape index (κ2) is 7.99. The summed E-state index contributed by atoms with van der Waals surface area (Å²) in [6.45, 7) is 0.418. The lowest BCUT2D eigenvalue weighted by Crippen LogP contribution is -2.03. The van der Waals surface area contributed by atoms with Gasteiger partial charge in [-0.2, -0.15) is 0 Å². The Morgan fingerprint density at radius 2 is 1.83 bits per heavy atom. The number of nitrogens with zero attached hydrogens (tertiary/aromatic N) is 3. The van der Waals surface area contributed by atoms with Crippen molar-refractivity contribution in [2.45, 2.75) is 17.5 Å². The lowest BCUT2D eigenvalue weighted by molar-refractivity contribution is 0.176. The van der Waals surface area contributed by atoms with Crippen LogP contribution in [0.25, 0.3) is 5.69 Å². The Morgan fingerprint density at radius 1 is 1.00 bits per heavy atom. The van der Waals surface area contributed by atoms with Crippen molar-refractivity contribution in [2.75, 3.05) is 14.2 Å². The largest absolute Gasteiger partial charge is 0.497 e. The second-order valence-corrected chi connectivity index (χ2v) is 6.09. The summed E-state index contributed by atoms with van der Waals surface area (Å²) in [7, 11) is 3.34. The number of methoxy groups -OCH3 is 2. The van der Waals surface area contributed by atoms with Gasteiger partial charge in [0.2, 0.25) is 0 Å². The van der Waals surface area contributed by atoms with E-state index in [2.05, 4.69) is 16.3 Å². The SMILES string of the molecule is COCc1nnc(SCc2cccc(OC)c2)n1-c1ccccc1. The highest BCUT2D eigenvalue weighted by Gasteiger charge is 2.14. The predicted molar refractivity (Wildman–Crippen MR) is 94.6 cm³/mol. The molecule has 0 aliphatic carbocycles. The number of para-hydroxylation sites is 1. The average molecular weight is 341 g/mol. The first-order valence-electron chi connectivity index (χ1n) is 7.56. The highest BCUT2D eigenvalue weighted by Crippen LogP contribution is 2.26. The van der Waals surface area contributed by atoms with Gasteiger partial charge in [-0.15, -0.1) is 10.2 Å². The molecule has 0 fully saturated rings. The van der Waals surface area contributed by atoms with Gasteiger partial charge < -0.3 is 9.47 Å². The van der Waals surface area contributed by atoms with E-state index in [0.29, 0.717) is 6.61 Å². The van der Waals surface area contributed by atoms with Crippen LogP contribution < -0.4 is 4.74 Å². The van der Waals surface area contributed by atoms with Gasteiger partial charge in [0.05, 0.1) is 7.11 Å². The third kappa shape index (κ3) is 3.77. The molecule has 1 aromatic heterocycles. The molecule has 0 amide bonds. The lowest BCUT2D eigenvalue weighted by atomic mass is 10.2. The van der Waals surface area contributed by atoms with Crippen LogP contribution in [0.5, 0.6) is 5.75 Å². The molecule has 0 unspecified atom stereocenters.